The van der Waals surface area contributed by atoms with E-state index in [0.717, 1.165) is 12.1 Å². The van der Waals surface area contributed by atoms with Gasteiger partial charge in [0.2, 0.25) is 0 Å². The Hall–Kier alpha value is -1.45. The number of aryl methyl sites for hydroxylation is 1. The maximum atomic E-state index is 4.26. The number of nitrogens with zero attached hydrogens (tertiary/aromatic N) is 4. The molecular formula is C10H14N4. The Labute approximate surface area is 83.0 Å². The van der Waals surface area contributed by atoms with Gasteiger partial charge >= 0.3 is 0 Å². The highest BCUT2D eigenvalue weighted by atomic mass is 15.4. The van der Waals surface area contributed by atoms with E-state index in [0.29, 0.717) is 0 Å². The van der Waals surface area contributed by atoms with Crippen LogP contribution in [0.15, 0.2) is 18.6 Å². The van der Waals surface area contributed by atoms with Crippen LogP contribution in [0.2, 0.25) is 0 Å². The minimum Gasteiger partial charge on any atom is -0.235 e. The average Bonchev–Trinajstić information content (AvgIpc) is 2.65. The van der Waals surface area contributed by atoms with Gasteiger partial charge in [-0.3, -0.25) is 0 Å². The van der Waals surface area contributed by atoms with Crippen molar-refractivity contribution in [3.8, 4) is 0 Å². The van der Waals surface area contributed by atoms with E-state index in [1.165, 1.54) is 24.8 Å². The molecule has 4 heteroatoms. The Kier molecular flexibility index (Phi) is 2.72. The molecule has 74 valence electrons. The van der Waals surface area contributed by atoms with Crippen molar-refractivity contribution in [1.82, 2.24) is 19.8 Å². The largest absolute Gasteiger partial charge is 0.235 e. The van der Waals surface area contributed by atoms with Crippen LogP contribution < -0.4 is 0 Å². The summed E-state index contributed by atoms with van der Waals surface area (Å²) in [5.41, 5.74) is 2.04. The Bertz CT molecular complexity index is 407. The minimum atomic E-state index is 0.809. The molecule has 0 N–H and O–H groups in total. The molecule has 0 bridgehead atoms. The molecule has 0 unspecified atom stereocenters. The lowest BCUT2D eigenvalue weighted by Gasteiger charge is -1.99. The first-order valence-corrected chi connectivity index (χ1v) is 5.05. The van der Waals surface area contributed by atoms with Crippen LogP contribution >= 0.6 is 0 Å². The second-order valence-corrected chi connectivity index (χ2v) is 3.46. The molecule has 2 heterocycles. The summed E-state index contributed by atoms with van der Waals surface area (Å²) in [5.74, 6) is 0. The zero-order valence-corrected chi connectivity index (χ0v) is 8.35. The smallest absolute Gasteiger partial charge is 0.175 e. The molecule has 2 aromatic rings. The fraction of sp³-hybridized carbons (Fsp3) is 0.500. The molecule has 14 heavy (non-hydrogen) atoms. The zero-order chi connectivity index (χ0) is 9.80. The van der Waals surface area contributed by atoms with Crippen molar-refractivity contribution in [2.24, 2.45) is 0 Å². The summed E-state index contributed by atoms with van der Waals surface area (Å²) in [6.07, 6.45) is 10.4. The van der Waals surface area contributed by atoms with Crippen molar-refractivity contribution >= 4 is 5.65 Å². The Morgan fingerprint density at radius 1 is 1.29 bits per heavy atom. The van der Waals surface area contributed by atoms with Gasteiger partial charge in [0.25, 0.3) is 0 Å². The van der Waals surface area contributed by atoms with Gasteiger partial charge in [-0.25, -0.2) is 9.50 Å². The van der Waals surface area contributed by atoms with Crippen molar-refractivity contribution in [1.29, 1.82) is 0 Å². The van der Waals surface area contributed by atoms with Gasteiger partial charge in [0.15, 0.2) is 5.65 Å². The van der Waals surface area contributed by atoms with Crippen LogP contribution in [0.25, 0.3) is 5.65 Å². The molecule has 0 aliphatic carbocycles. The molecule has 0 radical (unpaired) electrons. The summed E-state index contributed by atoms with van der Waals surface area (Å²) in [4.78, 5) is 4.26. The lowest BCUT2D eigenvalue weighted by atomic mass is 10.1. The first kappa shape index (κ1) is 9.12. The fourth-order valence-corrected chi connectivity index (χ4v) is 1.47. The molecule has 0 atom stereocenters. The lowest BCUT2D eigenvalue weighted by Crippen LogP contribution is -1.94. The maximum Gasteiger partial charge on any atom is 0.175 e. The fourth-order valence-electron chi connectivity index (χ4n) is 1.47. The Morgan fingerprint density at radius 2 is 2.21 bits per heavy atom. The van der Waals surface area contributed by atoms with Gasteiger partial charge in [-0.1, -0.05) is 25.0 Å². The predicted octanol–water partition coefficient (Wildman–Crippen LogP) is 1.86. The molecule has 0 aromatic carbocycles. The summed E-state index contributed by atoms with van der Waals surface area (Å²) in [7, 11) is 0. The van der Waals surface area contributed by atoms with Crippen LogP contribution in [0.1, 0.15) is 31.7 Å². The third-order valence-electron chi connectivity index (χ3n) is 2.28. The number of rotatable bonds is 4. The van der Waals surface area contributed by atoms with Crippen molar-refractivity contribution in [2.75, 3.05) is 0 Å². The molecule has 0 saturated carbocycles. The Morgan fingerprint density at radius 3 is 3.07 bits per heavy atom. The van der Waals surface area contributed by atoms with Crippen LogP contribution in [0, 0.1) is 0 Å². The first-order valence-electron chi connectivity index (χ1n) is 5.05. The van der Waals surface area contributed by atoms with Crippen molar-refractivity contribution in [3.63, 3.8) is 0 Å². The molecule has 2 rings (SSSR count). The van der Waals surface area contributed by atoms with Crippen LogP contribution in [0.3, 0.4) is 0 Å². The molecule has 0 saturated heterocycles. The normalized spacial score (nSPS) is 10.9. The molecule has 0 aliphatic heterocycles. The molecule has 0 aliphatic rings. The average molecular weight is 190 g/mol. The van der Waals surface area contributed by atoms with E-state index in [1.54, 1.807) is 10.7 Å². The predicted molar refractivity (Wildman–Crippen MR) is 54.0 cm³/mol. The summed E-state index contributed by atoms with van der Waals surface area (Å²) in [6, 6.07) is 0. The number of unbranched alkanes of at least 4 members (excludes halogenated alkanes) is 2. The van der Waals surface area contributed by atoms with E-state index in [4.69, 9.17) is 0 Å². The summed E-state index contributed by atoms with van der Waals surface area (Å²) >= 11 is 0. The summed E-state index contributed by atoms with van der Waals surface area (Å²) in [5, 5.41) is 7.70. The standard InChI is InChI=1S/C10H14N4/c1-2-3-4-5-9-6-11-10-7-12-13-14(10)8-9/h6-8H,2-5H2,1H3. The van der Waals surface area contributed by atoms with Crippen molar-refractivity contribution in [3.05, 3.63) is 24.2 Å². The minimum absolute atomic E-state index is 0.809. The van der Waals surface area contributed by atoms with Crippen molar-refractivity contribution in [2.45, 2.75) is 32.6 Å². The van der Waals surface area contributed by atoms with Gasteiger partial charge < -0.3 is 0 Å². The second kappa shape index (κ2) is 4.17. The maximum absolute atomic E-state index is 4.26. The highest BCUT2D eigenvalue weighted by Gasteiger charge is 1.98. The first-order chi connectivity index (χ1) is 6.90. The van der Waals surface area contributed by atoms with Crippen LogP contribution in [-0.4, -0.2) is 19.8 Å². The third kappa shape index (κ3) is 1.89. The van der Waals surface area contributed by atoms with Gasteiger partial charge in [-0.15, -0.1) is 5.10 Å². The molecule has 0 amide bonds. The van der Waals surface area contributed by atoms with E-state index in [2.05, 4.69) is 22.2 Å². The van der Waals surface area contributed by atoms with E-state index in [9.17, 15) is 0 Å². The quantitative estimate of drug-likeness (QED) is 0.691. The number of hydrogen-bond donors (Lipinski definition) is 0. The van der Waals surface area contributed by atoms with Crippen LogP contribution in [0.5, 0.6) is 0 Å². The van der Waals surface area contributed by atoms with E-state index in [1.807, 2.05) is 12.4 Å². The summed E-state index contributed by atoms with van der Waals surface area (Å²) in [6.45, 7) is 2.21. The number of fused-ring (bicyclic) bond motifs is 1. The summed E-state index contributed by atoms with van der Waals surface area (Å²) < 4.78 is 1.72. The van der Waals surface area contributed by atoms with Crippen LogP contribution in [-0.2, 0) is 6.42 Å². The number of aromatic nitrogens is 4. The zero-order valence-electron chi connectivity index (χ0n) is 8.35. The van der Waals surface area contributed by atoms with Gasteiger partial charge in [-0.05, 0) is 18.4 Å². The highest BCUT2D eigenvalue weighted by Crippen LogP contribution is 2.05. The van der Waals surface area contributed by atoms with Crippen LogP contribution in [0.4, 0.5) is 0 Å². The topological polar surface area (TPSA) is 43.1 Å². The van der Waals surface area contributed by atoms with Gasteiger partial charge in [0.05, 0.1) is 6.20 Å². The highest BCUT2D eigenvalue weighted by molar-refractivity contribution is 5.32. The molecule has 2 aromatic heterocycles. The Balaban J connectivity index is 2.10. The SMILES string of the molecule is CCCCCc1cnc2cnnn2c1. The van der Waals surface area contributed by atoms with Gasteiger partial charge in [-0.2, -0.15) is 0 Å². The number of hydrogen-bond acceptors (Lipinski definition) is 3. The monoisotopic (exact) mass is 190 g/mol. The van der Waals surface area contributed by atoms with E-state index >= 15 is 0 Å². The van der Waals surface area contributed by atoms with E-state index in [-0.39, 0.29) is 0 Å². The van der Waals surface area contributed by atoms with Gasteiger partial charge in [0.1, 0.15) is 0 Å². The molecule has 0 fully saturated rings. The second-order valence-electron chi connectivity index (χ2n) is 3.46. The lowest BCUT2D eigenvalue weighted by molar-refractivity contribution is 0.709. The molecular weight excluding hydrogens is 176 g/mol. The molecule has 4 nitrogen and oxygen atoms in total. The van der Waals surface area contributed by atoms with Crippen molar-refractivity contribution < 1.29 is 0 Å². The van der Waals surface area contributed by atoms with E-state index < -0.39 is 0 Å². The third-order valence-corrected chi connectivity index (χ3v) is 2.28. The molecule has 0 spiro atoms. The van der Waals surface area contributed by atoms with Gasteiger partial charge in [0, 0.05) is 12.4 Å².